The molecule has 7 nitrogen and oxygen atoms in total. The first-order valence-corrected chi connectivity index (χ1v) is 7.19. The van der Waals surface area contributed by atoms with E-state index >= 15 is 0 Å². The molecule has 0 spiro atoms. The second-order valence-electron chi connectivity index (χ2n) is 5.16. The summed E-state index contributed by atoms with van der Waals surface area (Å²) in [5, 5.41) is 12.8. The molecule has 3 rings (SSSR count). The molecule has 1 saturated heterocycles. The van der Waals surface area contributed by atoms with Gasteiger partial charge in [-0.15, -0.1) is 5.10 Å². The molecule has 2 aromatic rings. The molecule has 0 unspecified atom stereocenters. The van der Waals surface area contributed by atoms with E-state index < -0.39 is 0 Å². The number of piperazine rings is 1. The average Bonchev–Trinajstić information content (AvgIpc) is 3.03. The third-order valence-corrected chi connectivity index (χ3v) is 3.79. The number of nitriles is 1. The van der Waals surface area contributed by atoms with E-state index in [4.69, 9.17) is 10.00 Å². The molecule has 0 atom stereocenters. The maximum absolute atomic E-state index is 8.74. The molecule has 1 aliphatic rings. The van der Waals surface area contributed by atoms with Gasteiger partial charge in [-0.05, 0) is 24.3 Å². The first kappa shape index (κ1) is 14.4. The fourth-order valence-electron chi connectivity index (χ4n) is 2.56. The molecule has 0 radical (unpaired) electrons. The van der Waals surface area contributed by atoms with Crippen LogP contribution in [0.5, 0.6) is 5.75 Å². The van der Waals surface area contributed by atoms with Gasteiger partial charge >= 0.3 is 0 Å². The summed E-state index contributed by atoms with van der Waals surface area (Å²) in [4.78, 5) is 8.58. The number of aromatic nitrogens is 3. The van der Waals surface area contributed by atoms with Crippen molar-refractivity contribution < 1.29 is 4.74 Å². The highest BCUT2D eigenvalue weighted by Gasteiger charge is 2.17. The van der Waals surface area contributed by atoms with Gasteiger partial charge in [-0.2, -0.15) is 5.26 Å². The molecule has 0 saturated carbocycles. The van der Waals surface area contributed by atoms with Gasteiger partial charge in [0.25, 0.3) is 5.82 Å². The summed E-state index contributed by atoms with van der Waals surface area (Å²) in [5.41, 5.74) is 1.22. The summed E-state index contributed by atoms with van der Waals surface area (Å²) < 4.78 is 6.90. The molecule has 0 amide bonds. The van der Waals surface area contributed by atoms with E-state index in [-0.39, 0.29) is 5.82 Å². The van der Waals surface area contributed by atoms with E-state index in [0.29, 0.717) is 6.67 Å². The van der Waals surface area contributed by atoms with Gasteiger partial charge in [0.15, 0.2) is 0 Å². The zero-order valence-electron chi connectivity index (χ0n) is 12.5. The van der Waals surface area contributed by atoms with Gasteiger partial charge in [0.05, 0.1) is 13.8 Å². The van der Waals surface area contributed by atoms with Gasteiger partial charge in [-0.1, -0.05) is 0 Å². The summed E-state index contributed by atoms with van der Waals surface area (Å²) in [6.45, 7) is 4.50. The number of rotatable bonds is 4. The third-order valence-electron chi connectivity index (χ3n) is 3.79. The lowest BCUT2D eigenvalue weighted by molar-refractivity contribution is 0.195. The zero-order chi connectivity index (χ0) is 15.4. The predicted octanol–water partition coefficient (Wildman–Crippen LogP) is 0.938. The molecule has 1 fully saturated rings. The molecule has 0 bridgehead atoms. The highest BCUT2D eigenvalue weighted by atomic mass is 16.5. The fraction of sp³-hybridized carbons (Fsp3) is 0.400. The third kappa shape index (κ3) is 3.18. The van der Waals surface area contributed by atoms with Crippen LogP contribution < -0.4 is 9.64 Å². The van der Waals surface area contributed by atoms with Crippen molar-refractivity contribution in [1.29, 1.82) is 5.26 Å². The van der Waals surface area contributed by atoms with Crippen molar-refractivity contribution in [2.24, 2.45) is 0 Å². The van der Waals surface area contributed by atoms with Crippen molar-refractivity contribution in [3.63, 3.8) is 0 Å². The van der Waals surface area contributed by atoms with Gasteiger partial charge in [0.2, 0.25) is 0 Å². The van der Waals surface area contributed by atoms with E-state index in [1.807, 2.05) is 18.2 Å². The Bertz CT molecular complexity index is 651. The summed E-state index contributed by atoms with van der Waals surface area (Å²) in [6, 6.07) is 10.1. The van der Waals surface area contributed by atoms with Crippen LogP contribution in [0.15, 0.2) is 30.6 Å². The van der Waals surface area contributed by atoms with Crippen molar-refractivity contribution in [2.75, 3.05) is 38.2 Å². The van der Waals surface area contributed by atoms with Crippen molar-refractivity contribution >= 4 is 5.69 Å². The SMILES string of the molecule is COc1ccc(N2CCN(Cn3cnc(C#N)n3)CC2)cc1. The molecule has 7 heteroatoms. The first-order chi connectivity index (χ1) is 10.8. The summed E-state index contributed by atoms with van der Waals surface area (Å²) in [7, 11) is 1.68. The van der Waals surface area contributed by atoms with Crippen molar-refractivity contribution in [2.45, 2.75) is 6.67 Å². The van der Waals surface area contributed by atoms with Gasteiger partial charge < -0.3 is 9.64 Å². The molecule has 1 aromatic heterocycles. The smallest absolute Gasteiger partial charge is 0.252 e. The van der Waals surface area contributed by atoms with E-state index in [1.54, 1.807) is 18.1 Å². The quantitative estimate of drug-likeness (QED) is 0.836. The van der Waals surface area contributed by atoms with Crippen molar-refractivity contribution in [1.82, 2.24) is 19.7 Å². The Morgan fingerprint density at radius 1 is 1.18 bits per heavy atom. The van der Waals surface area contributed by atoms with Crippen LogP contribution in [0.3, 0.4) is 0 Å². The Balaban J connectivity index is 1.54. The van der Waals surface area contributed by atoms with Gasteiger partial charge in [0.1, 0.15) is 18.1 Å². The van der Waals surface area contributed by atoms with Crippen LogP contribution in [0.2, 0.25) is 0 Å². The highest BCUT2D eigenvalue weighted by molar-refractivity contribution is 5.49. The van der Waals surface area contributed by atoms with Crippen LogP contribution in [0.25, 0.3) is 0 Å². The minimum Gasteiger partial charge on any atom is -0.497 e. The van der Waals surface area contributed by atoms with Gasteiger partial charge in [-0.25, -0.2) is 9.67 Å². The minimum atomic E-state index is 0.219. The topological polar surface area (TPSA) is 70.2 Å². The number of methoxy groups -OCH3 is 1. The Morgan fingerprint density at radius 2 is 1.91 bits per heavy atom. The molecule has 1 aliphatic heterocycles. The van der Waals surface area contributed by atoms with Crippen molar-refractivity contribution in [3.8, 4) is 11.8 Å². The number of hydrogen-bond acceptors (Lipinski definition) is 6. The number of anilines is 1. The van der Waals surface area contributed by atoms with Crippen LogP contribution in [-0.4, -0.2) is 53.0 Å². The maximum atomic E-state index is 8.74. The summed E-state index contributed by atoms with van der Waals surface area (Å²) in [6.07, 6.45) is 1.61. The molecular weight excluding hydrogens is 280 g/mol. The van der Waals surface area contributed by atoms with E-state index in [2.05, 4.69) is 32.0 Å². The van der Waals surface area contributed by atoms with Crippen molar-refractivity contribution in [3.05, 3.63) is 36.4 Å². The van der Waals surface area contributed by atoms with Crippen LogP contribution >= 0.6 is 0 Å². The van der Waals surface area contributed by atoms with E-state index in [1.165, 1.54) is 5.69 Å². The van der Waals surface area contributed by atoms with E-state index in [9.17, 15) is 0 Å². The van der Waals surface area contributed by atoms with E-state index in [0.717, 1.165) is 31.9 Å². The standard InChI is InChI=1S/C15H18N6O/c1-22-14-4-2-13(3-5-14)20-8-6-19(7-9-20)12-21-11-17-15(10-16)18-21/h2-5,11H,6-9,12H2,1H3. The first-order valence-electron chi connectivity index (χ1n) is 7.19. The molecular formula is C15H18N6O. The van der Waals surface area contributed by atoms with Crippen LogP contribution in [0.4, 0.5) is 5.69 Å². The molecule has 0 N–H and O–H groups in total. The lowest BCUT2D eigenvalue weighted by Gasteiger charge is -2.35. The molecule has 2 heterocycles. The lowest BCUT2D eigenvalue weighted by atomic mass is 10.2. The van der Waals surface area contributed by atoms with Gasteiger partial charge in [0, 0.05) is 31.9 Å². The molecule has 1 aromatic carbocycles. The van der Waals surface area contributed by atoms with Crippen LogP contribution in [-0.2, 0) is 6.67 Å². The molecule has 114 valence electrons. The highest BCUT2D eigenvalue weighted by Crippen LogP contribution is 2.20. The summed E-state index contributed by atoms with van der Waals surface area (Å²) in [5.74, 6) is 1.10. The average molecular weight is 298 g/mol. The fourth-order valence-corrected chi connectivity index (χ4v) is 2.56. The second kappa shape index (κ2) is 6.45. The monoisotopic (exact) mass is 298 g/mol. The van der Waals surface area contributed by atoms with Crippen LogP contribution in [0, 0.1) is 11.3 Å². The zero-order valence-corrected chi connectivity index (χ0v) is 12.5. The number of nitrogens with zero attached hydrogens (tertiary/aromatic N) is 6. The van der Waals surface area contributed by atoms with Crippen LogP contribution in [0.1, 0.15) is 5.82 Å². The largest absolute Gasteiger partial charge is 0.497 e. The Hall–Kier alpha value is -2.59. The maximum Gasteiger partial charge on any atom is 0.252 e. The normalized spacial score (nSPS) is 15.5. The second-order valence-corrected chi connectivity index (χ2v) is 5.16. The summed E-state index contributed by atoms with van der Waals surface area (Å²) >= 11 is 0. The Labute approximate surface area is 129 Å². The Kier molecular flexibility index (Phi) is 4.21. The predicted molar refractivity (Wildman–Crippen MR) is 81.5 cm³/mol. The Morgan fingerprint density at radius 3 is 2.50 bits per heavy atom. The number of ether oxygens (including phenoxy) is 1. The van der Waals surface area contributed by atoms with Gasteiger partial charge in [-0.3, -0.25) is 4.90 Å². The molecule has 22 heavy (non-hydrogen) atoms. The lowest BCUT2D eigenvalue weighted by Crippen LogP contribution is -2.46. The minimum absolute atomic E-state index is 0.219. The number of hydrogen-bond donors (Lipinski definition) is 0. The number of benzene rings is 1. The molecule has 0 aliphatic carbocycles.